The molecule has 37 heavy (non-hydrogen) atoms. The number of aryl methyl sites for hydroxylation is 1. The first-order chi connectivity index (χ1) is 17.9. The summed E-state index contributed by atoms with van der Waals surface area (Å²) >= 11 is 0. The minimum Gasteiger partial charge on any atom is -0.451 e. The number of nitrogens with one attached hydrogen (secondary N) is 2. The predicted octanol–water partition coefficient (Wildman–Crippen LogP) is 6.77. The number of ether oxygens (including phenoxy) is 1. The summed E-state index contributed by atoms with van der Waals surface area (Å²) in [6.07, 6.45) is 3.99. The Balaban J connectivity index is 1.42. The van der Waals surface area contributed by atoms with Crippen molar-refractivity contribution < 1.29 is 31.5 Å². The van der Waals surface area contributed by atoms with Crippen LogP contribution in [0, 0.1) is 29.1 Å². The van der Waals surface area contributed by atoms with Gasteiger partial charge in [-0.3, -0.25) is 0 Å². The van der Waals surface area contributed by atoms with Gasteiger partial charge in [0.2, 0.25) is 11.6 Å². The van der Waals surface area contributed by atoms with Crippen LogP contribution in [0.15, 0.2) is 54.9 Å². The largest absolute Gasteiger partial charge is 0.451 e. The number of aromatic nitrogens is 3. The third kappa shape index (κ3) is 4.57. The molecule has 2 aromatic heterocycles. The number of carbonyl (C=O) groups excluding carboxylic acids is 1. The molecule has 0 spiro atoms. The molecule has 0 radical (unpaired) electrons. The van der Waals surface area contributed by atoms with Crippen LogP contribution < -0.4 is 4.74 Å². The van der Waals surface area contributed by atoms with Crippen LogP contribution in [0.2, 0.25) is 0 Å². The zero-order valence-corrected chi connectivity index (χ0v) is 19.0. The van der Waals surface area contributed by atoms with E-state index in [1.807, 2.05) is 0 Å². The summed E-state index contributed by atoms with van der Waals surface area (Å²) in [4.78, 5) is 20.1. The van der Waals surface area contributed by atoms with Gasteiger partial charge >= 0.3 is 0 Å². The van der Waals surface area contributed by atoms with Gasteiger partial charge in [-0.25, -0.2) is 22.5 Å². The minimum absolute atomic E-state index is 0.0729. The fraction of sp³-hybridized carbons (Fsp3) is 0.111. The van der Waals surface area contributed by atoms with Gasteiger partial charge in [-0.15, -0.1) is 0 Å². The van der Waals surface area contributed by atoms with E-state index in [0.29, 0.717) is 16.8 Å². The summed E-state index contributed by atoms with van der Waals surface area (Å²) in [7, 11) is 0. The molecular weight excluding hydrogens is 493 g/mol. The number of carbonyl (C=O) groups is 1. The fourth-order valence-electron chi connectivity index (χ4n) is 4.09. The maximum Gasteiger partial charge on any atom is 0.206 e. The van der Waals surface area contributed by atoms with Crippen molar-refractivity contribution in [3.05, 3.63) is 101 Å². The number of hydrogen-bond donors (Lipinski definition) is 2. The quantitative estimate of drug-likeness (QED) is 0.137. The van der Waals surface area contributed by atoms with E-state index < -0.39 is 34.8 Å². The molecule has 0 aliphatic carbocycles. The lowest BCUT2D eigenvalue weighted by Crippen LogP contribution is -1.99. The van der Waals surface area contributed by atoms with Gasteiger partial charge in [-0.05, 0) is 41.8 Å². The van der Waals surface area contributed by atoms with E-state index in [2.05, 4.69) is 15.0 Å². The normalized spacial score (nSPS) is 11.3. The highest BCUT2D eigenvalue weighted by atomic mass is 19.2. The Hall–Kier alpha value is -4.47. The zero-order valence-electron chi connectivity index (χ0n) is 19.0. The third-order valence-electron chi connectivity index (χ3n) is 5.91. The Morgan fingerprint density at radius 3 is 2.54 bits per heavy atom. The maximum atomic E-state index is 14.8. The molecule has 0 atom stereocenters. The second-order valence-corrected chi connectivity index (χ2v) is 8.31. The van der Waals surface area contributed by atoms with E-state index in [0.717, 1.165) is 24.5 Å². The van der Waals surface area contributed by atoms with Crippen molar-refractivity contribution in [2.45, 2.75) is 19.3 Å². The summed E-state index contributed by atoms with van der Waals surface area (Å²) in [6.45, 7) is 0. The van der Waals surface area contributed by atoms with Gasteiger partial charge in [-0.1, -0.05) is 18.2 Å². The second kappa shape index (κ2) is 9.88. The Morgan fingerprint density at radius 2 is 1.73 bits per heavy atom. The highest BCUT2D eigenvalue weighted by molar-refractivity contribution is 5.82. The molecule has 2 heterocycles. The molecule has 0 saturated carbocycles. The van der Waals surface area contributed by atoms with Crippen molar-refractivity contribution >= 4 is 17.2 Å². The van der Waals surface area contributed by atoms with Crippen LogP contribution in [0.4, 0.5) is 22.0 Å². The lowest BCUT2D eigenvalue weighted by atomic mass is 10.0. The van der Waals surface area contributed by atoms with Gasteiger partial charge in [0, 0.05) is 36.3 Å². The molecule has 10 heteroatoms. The van der Waals surface area contributed by atoms with Crippen LogP contribution in [0.5, 0.6) is 11.5 Å². The standard InChI is InChI=1S/C27H18F5N3O2/c28-20-7-6-17(37-26-22(30)18-8-9-33-25(18)23(31)24(26)32)12-19(20)27-34-13-16(35-27)11-15-4-1-3-14(21(15)29)5-2-10-36/h1,3-4,6-10,12-13,33H,2,5,11H2,(H,34,35). The number of aldehydes is 1. The zero-order chi connectivity index (χ0) is 26.1. The number of H-pyrrole nitrogens is 2. The van der Waals surface area contributed by atoms with Crippen LogP contribution in [0.25, 0.3) is 22.3 Å². The Kier molecular flexibility index (Phi) is 6.47. The number of fused-ring (bicyclic) bond motifs is 1. The van der Waals surface area contributed by atoms with Gasteiger partial charge in [0.05, 0.1) is 11.1 Å². The molecule has 0 aliphatic heterocycles. The number of rotatable bonds is 8. The third-order valence-corrected chi connectivity index (χ3v) is 5.91. The van der Waals surface area contributed by atoms with Crippen molar-refractivity contribution in [1.82, 2.24) is 15.0 Å². The highest BCUT2D eigenvalue weighted by Crippen LogP contribution is 2.36. The first-order valence-corrected chi connectivity index (χ1v) is 11.2. The summed E-state index contributed by atoms with van der Waals surface area (Å²) in [5, 5.41) is -0.200. The van der Waals surface area contributed by atoms with Crippen LogP contribution in [-0.2, 0) is 17.6 Å². The lowest BCUT2D eigenvalue weighted by Gasteiger charge is -2.11. The van der Waals surface area contributed by atoms with E-state index in [1.54, 1.807) is 18.2 Å². The number of imidazole rings is 1. The Morgan fingerprint density at radius 1 is 0.919 bits per heavy atom. The molecular formula is C27H18F5N3O2. The fourth-order valence-corrected chi connectivity index (χ4v) is 4.09. The van der Waals surface area contributed by atoms with Gasteiger partial charge in [0.25, 0.3) is 0 Å². The minimum atomic E-state index is -1.53. The van der Waals surface area contributed by atoms with E-state index in [4.69, 9.17) is 4.74 Å². The molecule has 0 aliphatic rings. The van der Waals surface area contributed by atoms with Crippen molar-refractivity contribution in [2.75, 3.05) is 0 Å². The van der Waals surface area contributed by atoms with Crippen molar-refractivity contribution in [2.24, 2.45) is 0 Å². The topological polar surface area (TPSA) is 70.8 Å². The molecule has 0 unspecified atom stereocenters. The second-order valence-electron chi connectivity index (χ2n) is 8.31. The monoisotopic (exact) mass is 511 g/mol. The maximum absolute atomic E-state index is 14.8. The number of nitrogens with zero attached hydrogens (tertiary/aromatic N) is 1. The summed E-state index contributed by atoms with van der Waals surface area (Å²) < 4.78 is 78.3. The first kappa shape index (κ1) is 24.2. The van der Waals surface area contributed by atoms with Crippen LogP contribution in [0.3, 0.4) is 0 Å². The smallest absolute Gasteiger partial charge is 0.206 e. The number of benzene rings is 3. The van der Waals surface area contributed by atoms with E-state index in [1.165, 1.54) is 18.5 Å². The summed E-state index contributed by atoms with van der Waals surface area (Å²) in [6, 6.07) is 9.44. The van der Waals surface area contributed by atoms with Gasteiger partial charge in [-0.2, -0.15) is 4.39 Å². The molecule has 3 aromatic carbocycles. The SMILES string of the molecule is O=CCCc1cccc(Cc2cnc(-c3cc(Oc4c(F)c(F)c5[nH]ccc5c4F)ccc3F)[nH]2)c1F. The van der Waals surface area contributed by atoms with Gasteiger partial charge < -0.3 is 19.5 Å². The summed E-state index contributed by atoms with van der Waals surface area (Å²) in [5.41, 5.74) is 0.839. The van der Waals surface area contributed by atoms with Crippen molar-refractivity contribution in [1.29, 1.82) is 0 Å². The van der Waals surface area contributed by atoms with Crippen LogP contribution >= 0.6 is 0 Å². The van der Waals surface area contributed by atoms with Crippen LogP contribution in [-0.4, -0.2) is 21.2 Å². The van der Waals surface area contributed by atoms with Gasteiger partial charge in [0.1, 0.15) is 29.5 Å². The molecule has 188 valence electrons. The molecule has 0 saturated heterocycles. The summed E-state index contributed by atoms with van der Waals surface area (Å²) in [5.74, 6) is -6.14. The molecule has 0 bridgehead atoms. The molecule has 5 nitrogen and oxygen atoms in total. The number of aromatic amines is 2. The first-order valence-electron chi connectivity index (χ1n) is 11.2. The molecule has 5 rings (SSSR count). The number of halogens is 5. The molecule has 0 fully saturated rings. The Bertz CT molecular complexity index is 1630. The van der Waals surface area contributed by atoms with Crippen molar-refractivity contribution in [3.8, 4) is 22.9 Å². The average molecular weight is 511 g/mol. The van der Waals surface area contributed by atoms with Gasteiger partial charge in [0.15, 0.2) is 11.6 Å². The number of hydrogen-bond acceptors (Lipinski definition) is 3. The van der Waals surface area contributed by atoms with E-state index in [-0.39, 0.29) is 47.3 Å². The lowest BCUT2D eigenvalue weighted by molar-refractivity contribution is -0.107. The predicted molar refractivity (Wildman–Crippen MR) is 126 cm³/mol. The molecule has 2 N–H and O–H groups in total. The molecule has 0 amide bonds. The highest BCUT2D eigenvalue weighted by Gasteiger charge is 2.23. The van der Waals surface area contributed by atoms with Crippen molar-refractivity contribution in [3.63, 3.8) is 0 Å². The van der Waals surface area contributed by atoms with Crippen LogP contribution in [0.1, 0.15) is 23.2 Å². The van der Waals surface area contributed by atoms with E-state index in [9.17, 15) is 26.7 Å². The Labute approximate surface area is 206 Å². The average Bonchev–Trinajstić information content (AvgIpc) is 3.57. The van der Waals surface area contributed by atoms with E-state index >= 15 is 0 Å². The molecule has 5 aromatic rings.